The van der Waals surface area contributed by atoms with Crippen LogP contribution in [0.2, 0.25) is 0 Å². The number of hydrogen-bond acceptors (Lipinski definition) is 5. The van der Waals surface area contributed by atoms with Gasteiger partial charge in [-0.15, -0.1) is 11.3 Å². The number of nitrogens with one attached hydrogen (secondary N) is 1. The number of fused-ring (bicyclic) bond motifs is 1. The highest BCUT2D eigenvalue weighted by molar-refractivity contribution is 7.09. The van der Waals surface area contributed by atoms with E-state index in [1.165, 1.54) is 30.8 Å². The van der Waals surface area contributed by atoms with Crippen LogP contribution in [-0.4, -0.2) is 59.9 Å². The van der Waals surface area contributed by atoms with Crippen LogP contribution in [0.3, 0.4) is 0 Å². The number of carbonyl (C=O) groups excluding carboxylic acids is 1. The molecule has 1 amide bonds. The summed E-state index contributed by atoms with van der Waals surface area (Å²) in [5.74, 6) is -1.03. The molecular formula is C19H25F3N2O4S. The van der Waals surface area contributed by atoms with E-state index in [0.717, 1.165) is 18.9 Å². The second-order valence-electron chi connectivity index (χ2n) is 7.82. The molecule has 10 heteroatoms. The normalized spacial score (nSPS) is 26.5. The fourth-order valence-electron chi connectivity index (χ4n) is 3.77. The van der Waals surface area contributed by atoms with Crippen molar-refractivity contribution < 1.29 is 32.6 Å². The van der Waals surface area contributed by atoms with E-state index in [4.69, 9.17) is 14.6 Å². The molecule has 0 aromatic carbocycles. The van der Waals surface area contributed by atoms with E-state index in [1.807, 2.05) is 11.4 Å². The molecule has 0 radical (unpaired) electrons. The van der Waals surface area contributed by atoms with Crippen LogP contribution in [0.25, 0.3) is 0 Å². The average Bonchev–Trinajstić information content (AvgIpc) is 3.01. The van der Waals surface area contributed by atoms with Crippen LogP contribution in [0, 0.1) is 11.8 Å². The summed E-state index contributed by atoms with van der Waals surface area (Å²) in [5, 5.41) is 12.2. The van der Waals surface area contributed by atoms with Gasteiger partial charge in [0.1, 0.15) is 0 Å². The zero-order valence-corrected chi connectivity index (χ0v) is 16.7. The van der Waals surface area contributed by atoms with E-state index >= 15 is 0 Å². The largest absolute Gasteiger partial charge is 0.490 e. The number of halogens is 3. The molecular weight excluding hydrogens is 409 g/mol. The van der Waals surface area contributed by atoms with Gasteiger partial charge >= 0.3 is 12.1 Å². The van der Waals surface area contributed by atoms with Crippen molar-refractivity contribution in [3.05, 3.63) is 22.4 Å². The molecule has 4 rings (SSSR count). The van der Waals surface area contributed by atoms with Gasteiger partial charge in [0.05, 0.1) is 25.2 Å². The number of alkyl halides is 3. The van der Waals surface area contributed by atoms with Gasteiger partial charge in [0.15, 0.2) is 0 Å². The first-order valence-electron chi connectivity index (χ1n) is 9.67. The van der Waals surface area contributed by atoms with E-state index in [2.05, 4.69) is 16.3 Å². The van der Waals surface area contributed by atoms with Crippen molar-refractivity contribution in [3.63, 3.8) is 0 Å². The molecule has 2 N–H and O–H groups in total. The van der Waals surface area contributed by atoms with Gasteiger partial charge in [-0.25, -0.2) is 4.79 Å². The van der Waals surface area contributed by atoms with Crippen molar-refractivity contribution in [2.24, 2.45) is 11.8 Å². The van der Waals surface area contributed by atoms with Crippen LogP contribution in [0.1, 0.15) is 30.6 Å². The van der Waals surface area contributed by atoms with E-state index in [-0.39, 0.29) is 12.0 Å². The minimum absolute atomic E-state index is 0.119. The number of hydrogen-bond donors (Lipinski definition) is 2. The molecule has 1 aliphatic carbocycles. The van der Waals surface area contributed by atoms with Gasteiger partial charge in [-0.05, 0) is 36.6 Å². The maximum Gasteiger partial charge on any atom is 0.490 e. The van der Waals surface area contributed by atoms with Gasteiger partial charge in [0.25, 0.3) is 0 Å². The number of carbonyl (C=O) groups is 2. The molecule has 3 atom stereocenters. The van der Waals surface area contributed by atoms with Crippen molar-refractivity contribution in [2.45, 2.75) is 50.6 Å². The van der Waals surface area contributed by atoms with Crippen LogP contribution < -0.4 is 5.32 Å². The summed E-state index contributed by atoms with van der Waals surface area (Å²) in [6.07, 6.45) is -0.186. The first-order chi connectivity index (χ1) is 13.7. The zero-order valence-electron chi connectivity index (χ0n) is 15.9. The molecule has 162 valence electrons. The summed E-state index contributed by atoms with van der Waals surface area (Å²) in [7, 11) is 0. The predicted octanol–water partition coefficient (Wildman–Crippen LogP) is 2.89. The summed E-state index contributed by atoms with van der Waals surface area (Å²) in [5.41, 5.74) is 0. The number of carboxylic acids is 1. The van der Waals surface area contributed by atoms with E-state index in [1.54, 1.807) is 11.3 Å². The smallest absolute Gasteiger partial charge is 0.475 e. The SMILES string of the molecule is O=C(C[C@H]1C[C@H]2CN(CC3CC3)C[C@H]2O1)NCc1cccs1.O=C(O)C(F)(F)F. The van der Waals surface area contributed by atoms with Gasteiger partial charge in [-0.1, -0.05) is 6.07 Å². The molecule has 3 heterocycles. The molecule has 0 unspecified atom stereocenters. The van der Waals surface area contributed by atoms with E-state index in [9.17, 15) is 18.0 Å². The van der Waals surface area contributed by atoms with Gasteiger partial charge in [0, 0.05) is 30.4 Å². The minimum atomic E-state index is -5.08. The Kier molecular flexibility index (Phi) is 7.18. The monoisotopic (exact) mass is 434 g/mol. The molecule has 2 saturated heterocycles. The molecule has 3 fully saturated rings. The van der Waals surface area contributed by atoms with E-state index in [0.29, 0.717) is 25.0 Å². The molecule has 6 nitrogen and oxygen atoms in total. The van der Waals surface area contributed by atoms with Crippen LogP contribution in [0.4, 0.5) is 13.2 Å². The highest BCUT2D eigenvalue weighted by atomic mass is 32.1. The zero-order chi connectivity index (χ0) is 21.0. The lowest BCUT2D eigenvalue weighted by Gasteiger charge is -2.18. The second-order valence-corrected chi connectivity index (χ2v) is 8.85. The molecule has 2 aliphatic heterocycles. The summed E-state index contributed by atoms with van der Waals surface area (Å²) >= 11 is 1.68. The summed E-state index contributed by atoms with van der Waals surface area (Å²) in [6, 6.07) is 4.07. The summed E-state index contributed by atoms with van der Waals surface area (Å²) in [4.78, 5) is 24.7. The third-order valence-electron chi connectivity index (χ3n) is 5.30. The highest BCUT2D eigenvalue weighted by Gasteiger charge is 2.43. The fourth-order valence-corrected chi connectivity index (χ4v) is 4.42. The van der Waals surface area contributed by atoms with Gasteiger partial charge < -0.3 is 20.1 Å². The Morgan fingerprint density at radius 3 is 2.59 bits per heavy atom. The summed E-state index contributed by atoms with van der Waals surface area (Å²) in [6.45, 7) is 4.16. The van der Waals surface area contributed by atoms with Crippen LogP contribution in [0.5, 0.6) is 0 Å². The number of rotatable bonds is 6. The maximum atomic E-state index is 12.0. The Morgan fingerprint density at radius 2 is 2.03 bits per heavy atom. The lowest BCUT2D eigenvalue weighted by atomic mass is 10.0. The van der Waals surface area contributed by atoms with Crippen LogP contribution in [0.15, 0.2) is 17.5 Å². The molecule has 3 aliphatic rings. The molecule has 1 aromatic heterocycles. The quantitative estimate of drug-likeness (QED) is 0.720. The van der Waals surface area contributed by atoms with Gasteiger partial charge in [-0.2, -0.15) is 13.2 Å². The van der Waals surface area contributed by atoms with Gasteiger partial charge in [0.2, 0.25) is 5.91 Å². The number of aliphatic carboxylic acids is 1. The molecule has 29 heavy (non-hydrogen) atoms. The Labute approximate surface area is 171 Å². The van der Waals surface area contributed by atoms with Gasteiger partial charge in [-0.3, -0.25) is 4.79 Å². The highest BCUT2D eigenvalue weighted by Crippen LogP contribution is 2.37. The molecule has 1 aromatic rings. The predicted molar refractivity (Wildman–Crippen MR) is 100 cm³/mol. The minimum Gasteiger partial charge on any atom is -0.475 e. The van der Waals surface area contributed by atoms with Crippen LogP contribution >= 0.6 is 11.3 Å². The standard InChI is InChI=1S/C17H24N2O2S.C2HF3O2/c20-17(18-8-15-2-1-5-22-15)7-14-6-13-10-19(9-12-3-4-12)11-16(13)21-14;3-2(4,5)1(6)7/h1-2,5,12-14,16H,3-4,6-11H2,(H,18,20);(H,6,7)/t13-,14+,16+;/m0./s1. The molecule has 1 saturated carbocycles. The Balaban J connectivity index is 0.000000298. The van der Waals surface area contributed by atoms with Crippen molar-refractivity contribution in [1.82, 2.24) is 10.2 Å². The van der Waals surface area contributed by atoms with Crippen molar-refractivity contribution >= 4 is 23.2 Å². The van der Waals surface area contributed by atoms with E-state index < -0.39 is 12.1 Å². The fraction of sp³-hybridized carbons (Fsp3) is 0.684. The molecule has 0 bridgehead atoms. The Bertz CT molecular complexity index is 680. The molecule has 0 spiro atoms. The number of amides is 1. The average molecular weight is 434 g/mol. The number of thiophene rings is 1. The first kappa shape index (κ1) is 22.0. The second kappa shape index (κ2) is 9.44. The third-order valence-corrected chi connectivity index (χ3v) is 6.17. The third kappa shape index (κ3) is 6.97. The lowest BCUT2D eigenvalue weighted by Crippen LogP contribution is -2.30. The lowest BCUT2D eigenvalue weighted by molar-refractivity contribution is -0.192. The van der Waals surface area contributed by atoms with Crippen molar-refractivity contribution in [1.29, 1.82) is 0 Å². The number of nitrogens with zero attached hydrogens (tertiary/aromatic N) is 1. The number of likely N-dealkylation sites (tertiary alicyclic amines) is 1. The first-order valence-corrected chi connectivity index (χ1v) is 10.6. The maximum absolute atomic E-state index is 12.0. The Hall–Kier alpha value is -1.65. The number of ether oxygens (including phenoxy) is 1. The topological polar surface area (TPSA) is 78.9 Å². The van der Waals surface area contributed by atoms with Crippen molar-refractivity contribution in [3.8, 4) is 0 Å². The van der Waals surface area contributed by atoms with Crippen molar-refractivity contribution in [2.75, 3.05) is 19.6 Å². The number of carboxylic acid groups (broad SMARTS) is 1. The Morgan fingerprint density at radius 1 is 1.31 bits per heavy atom. The van der Waals surface area contributed by atoms with Crippen LogP contribution in [-0.2, 0) is 20.9 Å². The summed E-state index contributed by atoms with van der Waals surface area (Å²) < 4.78 is 37.9.